The van der Waals surface area contributed by atoms with E-state index in [9.17, 15) is 0 Å². The molecule has 0 fully saturated rings. The second kappa shape index (κ2) is 5.10. The molecular formula is C9H9Cl2NO. The Morgan fingerprint density at radius 3 is 2.92 bits per heavy atom. The molecule has 0 aliphatic carbocycles. The predicted octanol–water partition coefficient (Wildman–Crippen LogP) is 3.00. The van der Waals surface area contributed by atoms with Gasteiger partial charge in [0.05, 0.1) is 7.11 Å². The maximum absolute atomic E-state index is 5.85. The zero-order chi connectivity index (χ0) is 9.68. The van der Waals surface area contributed by atoms with Crippen LogP contribution in [0.5, 0.6) is 5.88 Å². The average molecular weight is 218 g/mol. The van der Waals surface area contributed by atoms with Gasteiger partial charge in [0, 0.05) is 12.1 Å². The molecule has 0 aliphatic rings. The first kappa shape index (κ1) is 10.4. The SMILES string of the molecule is COc1ncc(C=CCCl)cc1Cl. The molecule has 0 amide bonds. The highest BCUT2D eigenvalue weighted by Gasteiger charge is 2.00. The van der Waals surface area contributed by atoms with Crippen LogP contribution in [0.2, 0.25) is 5.02 Å². The molecule has 4 heteroatoms. The van der Waals surface area contributed by atoms with E-state index in [4.69, 9.17) is 27.9 Å². The molecule has 1 aromatic rings. The van der Waals surface area contributed by atoms with Gasteiger partial charge in [-0.1, -0.05) is 23.8 Å². The van der Waals surface area contributed by atoms with E-state index in [0.29, 0.717) is 16.8 Å². The zero-order valence-corrected chi connectivity index (χ0v) is 8.64. The summed E-state index contributed by atoms with van der Waals surface area (Å²) in [6.45, 7) is 0. The molecule has 0 unspecified atom stereocenters. The fraction of sp³-hybridized carbons (Fsp3) is 0.222. The molecule has 0 aromatic carbocycles. The molecule has 0 spiro atoms. The van der Waals surface area contributed by atoms with Gasteiger partial charge in [0.2, 0.25) is 5.88 Å². The molecule has 70 valence electrons. The van der Waals surface area contributed by atoms with Crippen LogP contribution in [0.15, 0.2) is 18.3 Å². The summed E-state index contributed by atoms with van der Waals surface area (Å²) in [5.74, 6) is 0.911. The third kappa shape index (κ3) is 2.90. The largest absolute Gasteiger partial charge is 0.480 e. The lowest BCUT2D eigenvalue weighted by molar-refractivity contribution is 0.398. The number of allylic oxidation sites excluding steroid dienone is 1. The van der Waals surface area contributed by atoms with Gasteiger partial charge in [-0.05, 0) is 11.6 Å². The van der Waals surface area contributed by atoms with E-state index in [1.54, 1.807) is 12.3 Å². The van der Waals surface area contributed by atoms with E-state index < -0.39 is 0 Å². The number of aromatic nitrogens is 1. The third-order valence-electron chi connectivity index (χ3n) is 1.42. The van der Waals surface area contributed by atoms with Crippen molar-refractivity contribution in [1.29, 1.82) is 0 Å². The minimum absolute atomic E-state index is 0.435. The quantitative estimate of drug-likeness (QED) is 0.727. The number of hydrogen-bond acceptors (Lipinski definition) is 2. The Hall–Kier alpha value is -0.730. The molecule has 0 aliphatic heterocycles. The second-order valence-corrected chi connectivity index (χ2v) is 3.03. The lowest BCUT2D eigenvalue weighted by atomic mass is 10.2. The number of alkyl halides is 1. The minimum atomic E-state index is 0.435. The average Bonchev–Trinajstić information content (AvgIpc) is 2.15. The van der Waals surface area contributed by atoms with Crippen molar-refractivity contribution in [2.45, 2.75) is 0 Å². The summed E-state index contributed by atoms with van der Waals surface area (Å²) in [6.07, 6.45) is 5.35. The van der Waals surface area contributed by atoms with Crippen molar-refractivity contribution in [2.24, 2.45) is 0 Å². The van der Waals surface area contributed by atoms with Gasteiger partial charge in [0.1, 0.15) is 5.02 Å². The molecule has 0 radical (unpaired) electrons. The first-order chi connectivity index (χ1) is 6.27. The number of hydrogen-bond donors (Lipinski definition) is 0. The van der Waals surface area contributed by atoms with E-state index in [1.165, 1.54) is 7.11 Å². The summed E-state index contributed by atoms with van der Waals surface area (Å²) in [5.41, 5.74) is 0.909. The van der Waals surface area contributed by atoms with E-state index in [2.05, 4.69) is 4.98 Å². The maximum Gasteiger partial charge on any atom is 0.232 e. The van der Waals surface area contributed by atoms with Crippen molar-refractivity contribution < 1.29 is 4.74 Å². The summed E-state index contributed by atoms with van der Waals surface area (Å²) in [7, 11) is 1.53. The molecule has 1 rings (SSSR count). The monoisotopic (exact) mass is 217 g/mol. The van der Waals surface area contributed by atoms with Crippen LogP contribution in [0.4, 0.5) is 0 Å². The van der Waals surface area contributed by atoms with E-state index in [-0.39, 0.29) is 0 Å². The molecule has 0 saturated carbocycles. The summed E-state index contributed by atoms with van der Waals surface area (Å²) in [4.78, 5) is 4.00. The standard InChI is InChI=1S/C9H9Cl2NO/c1-13-9-8(11)5-7(6-12-9)3-2-4-10/h2-3,5-6H,4H2,1H3. The molecule has 0 bridgehead atoms. The predicted molar refractivity (Wildman–Crippen MR) is 55.6 cm³/mol. The Morgan fingerprint density at radius 2 is 2.38 bits per heavy atom. The lowest BCUT2D eigenvalue weighted by Gasteiger charge is -2.01. The number of ether oxygens (including phenoxy) is 1. The normalized spacial score (nSPS) is 10.7. The number of pyridine rings is 1. The summed E-state index contributed by atoms with van der Waals surface area (Å²) in [6, 6.07) is 1.77. The van der Waals surface area contributed by atoms with Crippen molar-refractivity contribution in [3.05, 3.63) is 28.9 Å². The van der Waals surface area contributed by atoms with Gasteiger partial charge in [-0.25, -0.2) is 4.98 Å². The Kier molecular flexibility index (Phi) is 4.06. The Morgan fingerprint density at radius 1 is 1.62 bits per heavy atom. The first-order valence-electron chi connectivity index (χ1n) is 3.70. The van der Waals surface area contributed by atoms with Gasteiger partial charge >= 0.3 is 0 Å². The first-order valence-corrected chi connectivity index (χ1v) is 4.61. The van der Waals surface area contributed by atoms with Gasteiger partial charge in [-0.2, -0.15) is 0 Å². The van der Waals surface area contributed by atoms with Crippen molar-refractivity contribution in [1.82, 2.24) is 4.98 Å². The number of methoxy groups -OCH3 is 1. The van der Waals surface area contributed by atoms with Gasteiger partial charge in [0.15, 0.2) is 0 Å². The fourth-order valence-corrected chi connectivity index (χ4v) is 1.20. The molecule has 1 aromatic heterocycles. The van der Waals surface area contributed by atoms with Crippen LogP contribution >= 0.6 is 23.2 Å². The molecule has 0 atom stereocenters. The van der Waals surface area contributed by atoms with Crippen LogP contribution < -0.4 is 4.74 Å². The molecule has 13 heavy (non-hydrogen) atoms. The van der Waals surface area contributed by atoms with Gasteiger partial charge in [-0.15, -0.1) is 11.6 Å². The summed E-state index contributed by atoms with van der Waals surface area (Å²) >= 11 is 11.3. The maximum atomic E-state index is 5.85. The highest BCUT2D eigenvalue weighted by molar-refractivity contribution is 6.31. The van der Waals surface area contributed by atoms with Crippen molar-refractivity contribution in [3.8, 4) is 5.88 Å². The van der Waals surface area contributed by atoms with Gasteiger partial charge < -0.3 is 4.74 Å². The van der Waals surface area contributed by atoms with E-state index in [0.717, 1.165) is 5.56 Å². The Bertz CT molecular complexity index is 312. The summed E-state index contributed by atoms with van der Waals surface area (Å²) < 4.78 is 4.91. The second-order valence-electron chi connectivity index (χ2n) is 2.32. The number of rotatable bonds is 3. The Labute approximate surface area is 87.1 Å². The molecule has 0 saturated heterocycles. The minimum Gasteiger partial charge on any atom is -0.480 e. The Balaban J connectivity index is 2.89. The zero-order valence-electron chi connectivity index (χ0n) is 7.13. The fourth-order valence-electron chi connectivity index (χ4n) is 0.862. The molecule has 1 heterocycles. The number of halogens is 2. The van der Waals surface area contributed by atoms with Gasteiger partial charge in [0.25, 0.3) is 0 Å². The highest BCUT2D eigenvalue weighted by Crippen LogP contribution is 2.22. The van der Waals surface area contributed by atoms with Crippen LogP contribution in [0.1, 0.15) is 5.56 Å². The third-order valence-corrected chi connectivity index (χ3v) is 1.87. The van der Waals surface area contributed by atoms with E-state index >= 15 is 0 Å². The topological polar surface area (TPSA) is 22.1 Å². The van der Waals surface area contributed by atoms with Crippen molar-refractivity contribution in [2.75, 3.05) is 13.0 Å². The molecule has 2 nitrogen and oxygen atoms in total. The number of nitrogens with zero attached hydrogens (tertiary/aromatic N) is 1. The van der Waals surface area contributed by atoms with Crippen LogP contribution in [-0.4, -0.2) is 18.0 Å². The lowest BCUT2D eigenvalue weighted by Crippen LogP contribution is -1.88. The van der Waals surface area contributed by atoms with Crippen LogP contribution in [0, 0.1) is 0 Å². The highest BCUT2D eigenvalue weighted by atomic mass is 35.5. The van der Waals surface area contributed by atoms with Crippen LogP contribution in [0.25, 0.3) is 6.08 Å². The van der Waals surface area contributed by atoms with E-state index in [1.807, 2.05) is 12.2 Å². The smallest absolute Gasteiger partial charge is 0.232 e. The van der Waals surface area contributed by atoms with Gasteiger partial charge in [-0.3, -0.25) is 0 Å². The van der Waals surface area contributed by atoms with Crippen molar-refractivity contribution in [3.63, 3.8) is 0 Å². The summed E-state index contributed by atoms with van der Waals surface area (Å²) in [5, 5.41) is 0.499. The molecule has 0 N–H and O–H groups in total. The molecular weight excluding hydrogens is 209 g/mol. The van der Waals surface area contributed by atoms with Crippen molar-refractivity contribution >= 4 is 29.3 Å². The van der Waals surface area contributed by atoms with Crippen LogP contribution in [-0.2, 0) is 0 Å². The van der Waals surface area contributed by atoms with Crippen LogP contribution in [0.3, 0.4) is 0 Å².